The summed E-state index contributed by atoms with van der Waals surface area (Å²) in [5.41, 5.74) is 0.432. The molecule has 2 heterocycles. The zero-order valence-electron chi connectivity index (χ0n) is 14.9. The van der Waals surface area contributed by atoms with Crippen LogP contribution in [-0.2, 0) is 24.3 Å². The van der Waals surface area contributed by atoms with Crippen LogP contribution in [0.5, 0.6) is 0 Å². The molecule has 3 N–H and O–H groups in total. The van der Waals surface area contributed by atoms with Gasteiger partial charge in [0.25, 0.3) is 5.91 Å². The van der Waals surface area contributed by atoms with Crippen molar-refractivity contribution < 1.29 is 14.0 Å². The summed E-state index contributed by atoms with van der Waals surface area (Å²) >= 11 is 6.27. The smallest absolute Gasteiger partial charge is 0.260 e. The van der Waals surface area contributed by atoms with Crippen LogP contribution in [0.2, 0.25) is 0 Å². The lowest BCUT2D eigenvalue weighted by Crippen LogP contribution is -2.26. The van der Waals surface area contributed by atoms with Crippen molar-refractivity contribution in [1.29, 1.82) is 0 Å². The average Bonchev–Trinajstić information content (AvgIpc) is 3.26. The maximum absolute atomic E-state index is 13.7. The molecule has 2 amide bonds. The van der Waals surface area contributed by atoms with E-state index in [1.54, 1.807) is 16.0 Å². The van der Waals surface area contributed by atoms with Crippen LogP contribution >= 0.6 is 23.6 Å². The van der Waals surface area contributed by atoms with Gasteiger partial charge in [0, 0.05) is 11.9 Å². The summed E-state index contributed by atoms with van der Waals surface area (Å²) in [6, 6.07) is 5.68. The van der Waals surface area contributed by atoms with Crippen LogP contribution in [0, 0.1) is 10.6 Å². The molecular formula is C17H17FN6O2S2. The van der Waals surface area contributed by atoms with Gasteiger partial charge in [0.1, 0.15) is 5.82 Å². The fourth-order valence-corrected chi connectivity index (χ4v) is 3.46. The molecule has 0 aliphatic heterocycles. The Kier molecular flexibility index (Phi) is 6.26. The molecule has 0 bridgehead atoms. The molecule has 0 spiro atoms. The number of anilines is 1. The Labute approximate surface area is 168 Å². The summed E-state index contributed by atoms with van der Waals surface area (Å²) in [6.07, 6.45) is 0.0450. The number of rotatable bonds is 7. The van der Waals surface area contributed by atoms with E-state index in [9.17, 15) is 14.0 Å². The number of aromatic nitrogens is 4. The summed E-state index contributed by atoms with van der Waals surface area (Å²) < 4.78 is 15.9. The fourth-order valence-electron chi connectivity index (χ4n) is 2.47. The van der Waals surface area contributed by atoms with Gasteiger partial charge in [0.15, 0.2) is 15.7 Å². The molecule has 146 valence electrons. The van der Waals surface area contributed by atoms with Gasteiger partial charge in [-0.05, 0) is 31.3 Å². The molecule has 0 unspecified atom stereocenters. The third-order valence-corrected chi connectivity index (χ3v) is 4.95. The zero-order chi connectivity index (χ0) is 20.1. The van der Waals surface area contributed by atoms with Crippen LogP contribution < -0.4 is 10.6 Å². The van der Waals surface area contributed by atoms with Gasteiger partial charge in [-0.15, -0.1) is 11.3 Å². The van der Waals surface area contributed by atoms with Crippen molar-refractivity contribution in [3.63, 3.8) is 0 Å². The van der Waals surface area contributed by atoms with Crippen LogP contribution in [0.4, 0.5) is 9.52 Å². The van der Waals surface area contributed by atoms with Crippen molar-refractivity contribution in [1.82, 2.24) is 25.1 Å². The van der Waals surface area contributed by atoms with E-state index in [4.69, 9.17) is 12.2 Å². The number of nitrogens with zero attached hydrogens (tertiary/aromatic N) is 3. The first-order chi connectivity index (χ1) is 13.5. The predicted molar refractivity (Wildman–Crippen MR) is 105 cm³/mol. The number of nitrogens with one attached hydrogen (secondary N) is 3. The summed E-state index contributed by atoms with van der Waals surface area (Å²) in [7, 11) is 0. The van der Waals surface area contributed by atoms with Crippen molar-refractivity contribution in [2.24, 2.45) is 0 Å². The van der Waals surface area contributed by atoms with E-state index in [0.29, 0.717) is 28.0 Å². The van der Waals surface area contributed by atoms with Crippen LogP contribution in [0.3, 0.4) is 0 Å². The molecule has 3 rings (SSSR count). The molecule has 3 aromatic rings. The first kappa shape index (κ1) is 19.8. The maximum Gasteiger partial charge on any atom is 0.260 e. The number of thiazole rings is 1. The predicted octanol–water partition coefficient (Wildman–Crippen LogP) is 2.67. The van der Waals surface area contributed by atoms with Crippen LogP contribution in [-0.4, -0.2) is 31.6 Å². The number of halogens is 1. The molecule has 1 aromatic carbocycles. The van der Waals surface area contributed by atoms with Crippen molar-refractivity contribution in [3.05, 3.63) is 57.3 Å². The van der Waals surface area contributed by atoms with E-state index in [1.165, 1.54) is 18.2 Å². The van der Waals surface area contributed by atoms with Gasteiger partial charge in [-0.25, -0.2) is 9.37 Å². The normalized spacial score (nSPS) is 10.6. The minimum atomic E-state index is -0.610. The van der Waals surface area contributed by atoms with E-state index in [2.05, 4.69) is 25.8 Å². The maximum atomic E-state index is 13.7. The lowest BCUT2D eigenvalue weighted by molar-refractivity contribution is -0.120. The number of amides is 2. The topological polar surface area (TPSA) is 105 Å². The number of hydrogen-bond donors (Lipinski definition) is 3. The SMILES string of the molecule is CCn1c(CNC(=O)Cc2csc(NC(=O)c3ccccc3F)n2)n[nH]c1=S. The highest BCUT2D eigenvalue weighted by Crippen LogP contribution is 2.17. The minimum Gasteiger partial charge on any atom is -0.348 e. The van der Waals surface area contributed by atoms with E-state index in [1.807, 2.05) is 6.92 Å². The summed E-state index contributed by atoms with van der Waals surface area (Å²) in [5.74, 6) is -0.808. The molecule has 0 saturated heterocycles. The highest BCUT2D eigenvalue weighted by atomic mass is 32.1. The van der Waals surface area contributed by atoms with Crippen LogP contribution in [0.25, 0.3) is 0 Å². The Morgan fingerprint density at radius 3 is 2.89 bits per heavy atom. The fraction of sp³-hybridized carbons (Fsp3) is 0.235. The molecule has 0 fully saturated rings. The third-order valence-electron chi connectivity index (χ3n) is 3.83. The van der Waals surface area contributed by atoms with Crippen LogP contribution in [0.1, 0.15) is 28.8 Å². The molecule has 8 nitrogen and oxygen atoms in total. The van der Waals surface area contributed by atoms with Gasteiger partial charge in [-0.1, -0.05) is 12.1 Å². The molecule has 0 radical (unpaired) electrons. The Morgan fingerprint density at radius 1 is 1.36 bits per heavy atom. The van der Waals surface area contributed by atoms with Gasteiger partial charge < -0.3 is 9.88 Å². The van der Waals surface area contributed by atoms with Gasteiger partial charge in [-0.2, -0.15) is 5.10 Å². The van der Waals surface area contributed by atoms with Crippen molar-refractivity contribution >= 4 is 40.5 Å². The number of benzene rings is 1. The Bertz CT molecular complexity index is 1060. The van der Waals surface area contributed by atoms with Crippen molar-refractivity contribution in [2.45, 2.75) is 26.4 Å². The van der Waals surface area contributed by atoms with Crippen molar-refractivity contribution in [3.8, 4) is 0 Å². The lowest BCUT2D eigenvalue weighted by atomic mass is 10.2. The monoisotopic (exact) mass is 420 g/mol. The summed E-state index contributed by atoms with van der Waals surface area (Å²) in [4.78, 5) is 28.4. The third kappa shape index (κ3) is 4.67. The second-order valence-electron chi connectivity index (χ2n) is 5.72. The Hall–Kier alpha value is -2.92. The van der Waals surface area contributed by atoms with E-state index in [0.717, 1.165) is 11.3 Å². The zero-order valence-corrected chi connectivity index (χ0v) is 16.5. The van der Waals surface area contributed by atoms with Gasteiger partial charge >= 0.3 is 0 Å². The number of hydrogen-bond acceptors (Lipinski definition) is 6. The minimum absolute atomic E-state index is 0.0450. The summed E-state index contributed by atoms with van der Waals surface area (Å²) in [5, 5.41) is 14.0. The summed E-state index contributed by atoms with van der Waals surface area (Å²) in [6.45, 7) is 2.82. The van der Waals surface area contributed by atoms with Gasteiger partial charge in [0.2, 0.25) is 5.91 Å². The first-order valence-corrected chi connectivity index (χ1v) is 9.67. The molecular weight excluding hydrogens is 403 g/mol. The highest BCUT2D eigenvalue weighted by molar-refractivity contribution is 7.71. The quantitative estimate of drug-likeness (QED) is 0.510. The lowest BCUT2D eigenvalue weighted by Gasteiger charge is -2.05. The molecule has 28 heavy (non-hydrogen) atoms. The van der Waals surface area contributed by atoms with Gasteiger partial charge in [0.05, 0.1) is 24.2 Å². The molecule has 0 saturated carbocycles. The van der Waals surface area contributed by atoms with Crippen molar-refractivity contribution in [2.75, 3.05) is 5.32 Å². The first-order valence-electron chi connectivity index (χ1n) is 8.39. The largest absolute Gasteiger partial charge is 0.348 e. The molecule has 0 aliphatic rings. The van der Waals surface area contributed by atoms with E-state index in [-0.39, 0.29) is 24.4 Å². The standard InChI is InChI=1S/C17H17FN6O2S2/c1-2-24-13(22-23-17(24)27)8-19-14(25)7-10-9-28-16(20-10)21-15(26)11-5-3-4-6-12(11)18/h3-6,9H,2,7-8H2,1H3,(H,19,25)(H,23,27)(H,20,21,26). The average molecular weight is 420 g/mol. The number of carbonyl (C=O) groups excluding carboxylic acids is 2. The molecule has 0 atom stereocenters. The Balaban J connectivity index is 1.55. The molecule has 11 heteroatoms. The molecule has 0 aliphatic carbocycles. The van der Waals surface area contributed by atoms with Gasteiger partial charge in [-0.3, -0.25) is 20.0 Å². The van der Waals surface area contributed by atoms with E-state index >= 15 is 0 Å². The number of carbonyl (C=O) groups is 2. The second kappa shape index (κ2) is 8.85. The van der Waals surface area contributed by atoms with Crippen LogP contribution in [0.15, 0.2) is 29.6 Å². The molecule has 2 aromatic heterocycles. The van der Waals surface area contributed by atoms with E-state index < -0.39 is 11.7 Å². The Morgan fingerprint density at radius 2 is 2.14 bits per heavy atom. The second-order valence-corrected chi connectivity index (χ2v) is 6.97. The number of H-pyrrole nitrogens is 1. The number of aromatic amines is 1. The highest BCUT2D eigenvalue weighted by Gasteiger charge is 2.14.